The zero-order chi connectivity index (χ0) is 4.28. The van der Waals surface area contributed by atoms with E-state index in [-0.39, 0.29) is 6.90 Å². The van der Waals surface area contributed by atoms with Crippen molar-refractivity contribution in [1.29, 1.82) is 0 Å². The van der Waals surface area contributed by atoms with Gasteiger partial charge in [0.15, 0.2) is 0 Å². The number of hydrogen-bond acceptors (Lipinski definition) is 1. The molecule has 0 aromatic rings. The number of halogens is 1. The van der Waals surface area contributed by atoms with E-state index in [2.05, 4.69) is 12.2 Å². The summed E-state index contributed by atoms with van der Waals surface area (Å²) in [6, 6.07) is 0. The lowest BCUT2D eigenvalue weighted by Crippen LogP contribution is -1.52. The van der Waals surface area contributed by atoms with Gasteiger partial charge in [0.25, 0.3) is 0 Å². The van der Waals surface area contributed by atoms with E-state index >= 15 is 0 Å². The Balaban J connectivity index is 2.85. The van der Waals surface area contributed by atoms with Gasteiger partial charge in [-0.2, -0.15) is 0 Å². The van der Waals surface area contributed by atoms with Gasteiger partial charge in [-0.25, -0.2) is 0 Å². The maximum atomic E-state index is 6.51. The minimum absolute atomic E-state index is 0.274. The van der Waals surface area contributed by atoms with E-state index < -0.39 is 0 Å². The first-order valence-corrected chi connectivity index (χ1v) is 2.23. The topological polar surface area (TPSA) is 0 Å². The van der Waals surface area contributed by atoms with Crippen LogP contribution in [-0.2, 0) is 0 Å². The summed E-state index contributed by atoms with van der Waals surface area (Å²) in [7, 11) is 0. The normalized spacial score (nSPS) is 9.75. The number of thiocarbonyl (C=S) groups is 1. The summed E-state index contributed by atoms with van der Waals surface area (Å²) in [6.07, 6.45) is 0. The van der Waals surface area contributed by atoms with Crippen LogP contribution in [0.4, 0.5) is 0 Å². The standard InChI is InChI=1S/C2H3IS/c1-2(3)4/h1H3/i1D. The van der Waals surface area contributed by atoms with E-state index in [1.807, 2.05) is 22.6 Å². The van der Waals surface area contributed by atoms with Gasteiger partial charge in [-0.15, -0.1) is 0 Å². The van der Waals surface area contributed by atoms with Gasteiger partial charge in [0, 0.05) is 1.37 Å². The van der Waals surface area contributed by atoms with Crippen molar-refractivity contribution in [1.82, 2.24) is 0 Å². The Hall–Kier alpha value is 0.820. The summed E-state index contributed by atoms with van der Waals surface area (Å²) in [6.45, 7) is 0.274. The van der Waals surface area contributed by atoms with Crippen LogP contribution < -0.4 is 0 Å². The molecule has 0 aliphatic carbocycles. The Bertz CT molecular complexity index is 44.9. The van der Waals surface area contributed by atoms with Crippen LogP contribution in [0.15, 0.2) is 0 Å². The van der Waals surface area contributed by atoms with Crippen molar-refractivity contribution in [3.05, 3.63) is 0 Å². The summed E-state index contributed by atoms with van der Waals surface area (Å²) < 4.78 is 7.23. The number of hydrogen-bond donors (Lipinski definition) is 0. The molecule has 0 N–H and O–H groups in total. The Labute approximate surface area is 46.1 Å². The van der Waals surface area contributed by atoms with Crippen molar-refractivity contribution in [2.24, 2.45) is 0 Å². The van der Waals surface area contributed by atoms with Crippen molar-refractivity contribution >= 4 is 37.7 Å². The van der Waals surface area contributed by atoms with Crippen molar-refractivity contribution in [2.75, 3.05) is 0 Å². The molecule has 0 aromatic carbocycles. The third-order valence-corrected chi connectivity index (χ3v) is 0. The molecule has 0 aliphatic rings. The monoisotopic (exact) mass is 187 g/mol. The van der Waals surface area contributed by atoms with Gasteiger partial charge in [0.1, 0.15) is 0 Å². The van der Waals surface area contributed by atoms with Crippen molar-refractivity contribution in [2.45, 2.75) is 6.90 Å². The Morgan fingerprint density at radius 2 is 2.75 bits per heavy atom. The third-order valence-electron chi connectivity index (χ3n) is 0. The zero-order valence-electron chi connectivity index (χ0n) is 2.99. The van der Waals surface area contributed by atoms with Crippen LogP contribution in [0, 0.1) is 0 Å². The molecule has 0 bridgehead atoms. The van der Waals surface area contributed by atoms with E-state index in [0.29, 0.717) is 0 Å². The van der Waals surface area contributed by atoms with Crippen LogP contribution in [0.5, 0.6) is 0 Å². The van der Waals surface area contributed by atoms with Crippen LogP contribution in [-0.4, -0.2) is 2.87 Å². The van der Waals surface area contributed by atoms with Crippen LogP contribution in [0.3, 0.4) is 0 Å². The van der Waals surface area contributed by atoms with Crippen LogP contribution in [0.1, 0.15) is 8.27 Å². The molecule has 0 aliphatic heterocycles. The lowest BCUT2D eigenvalue weighted by atomic mass is 11.0. The summed E-state index contributed by atoms with van der Waals surface area (Å²) >= 11 is 6.45. The van der Waals surface area contributed by atoms with Gasteiger partial charge < -0.3 is 0 Å². The predicted molar refractivity (Wildman–Crippen MR) is 32.3 cm³/mol. The molecule has 0 spiro atoms. The maximum Gasteiger partial charge on any atom is 0.0504 e. The van der Waals surface area contributed by atoms with Gasteiger partial charge in [-0.05, 0) is 29.5 Å². The minimum Gasteiger partial charge on any atom is -0.0781 e. The van der Waals surface area contributed by atoms with Crippen LogP contribution >= 0.6 is 34.8 Å². The molecular formula is C2H3IS. The van der Waals surface area contributed by atoms with Crippen molar-refractivity contribution < 1.29 is 1.37 Å². The van der Waals surface area contributed by atoms with E-state index in [1.165, 1.54) is 0 Å². The highest BCUT2D eigenvalue weighted by atomic mass is 127. The van der Waals surface area contributed by atoms with Gasteiger partial charge >= 0.3 is 0 Å². The predicted octanol–water partition coefficient (Wildman–Crippen LogP) is 1.77. The van der Waals surface area contributed by atoms with Crippen LogP contribution in [0.2, 0.25) is 0 Å². The lowest BCUT2D eigenvalue weighted by Gasteiger charge is -1.58. The molecule has 0 atom stereocenters. The molecule has 0 unspecified atom stereocenters. The molecule has 2 heteroatoms. The first-order chi connectivity index (χ1) is 2.27. The fraction of sp³-hybridized carbons (Fsp3) is 0.500. The molecule has 0 radical (unpaired) electrons. The molecule has 0 saturated carbocycles. The molecule has 4 heavy (non-hydrogen) atoms. The molecular weight excluding hydrogens is 183 g/mol. The maximum absolute atomic E-state index is 6.51. The minimum atomic E-state index is 0.274. The second-order valence-corrected chi connectivity index (χ2v) is 2.88. The second-order valence-electron chi connectivity index (χ2n) is 0.355. The largest absolute Gasteiger partial charge is 0.0781 e. The summed E-state index contributed by atoms with van der Waals surface area (Å²) in [4.78, 5) is 0. The van der Waals surface area contributed by atoms with Gasteiger partial charge in [0.05, 0.1) is 2.87 Å². The van der Waals surface area contributed by atoms with E-state index in [4.69, 9.17) is 1.37 Å². The highest BCUT2D eigenvalue weighted by Crippen LogP contribution is 1.82. The average Bonchev–Trinajstić information content (AvgIpc) is 1.38. The first-order valence-electron chi connectivity index (χ1n) is 1.45. The summed E-state index contributed by atoms with van der Waals surface area (Å²) in [5.74, 6) is 0. The quantitative estimate of drug-likeness (QED) is 0.316. The molecule has 0 heterocycles. The lowest BCUT2D eigenvalue weighted by molar-refractivity contribution is 2.13. The molecule has 0 nitrogen and oxygen atoms in total. The van der Waals surface area contributed by atoms with Crippen molar-refractivity contribution in [3.8, 4) is 0 Å². The van der Waals surface area contributed by atoms with Gasteiger partial charge in [-0.1, -0.05) is 12.2 Å². The zero-order valence-corrected chi connectivity index (χ0v) is 4.97. The highest BCUT2D eigenvalue weighted by Gasteiger charge is 1.59. The second kappa shape index (κ2) is 2.08. The highest BCUT2D eigenvalue weighted by molar-refractivity contribution is 14.1. The molecule has 0 fully saturated rings. The summed E-state index contributed by atoms with van der Waals surface area (Å²) in [5, 5.41) is 0. The first kappa shape index (κ1) is 3.03. The number of rotatable bonds is 0. The van der Waals surface area contributed by atoms with Gasteiger partial charge in [0.2, 0.25) is 0 Å². The molecule has 0 saturated heterocycles. The van der Waals surface area contributed by atoms with E-state index in [0.717, 1.165) is 2.87 Å². The average molecular weight is 187 g/mol. The Kier molecular flexibility index (Phi) is 1.58. The molecule has 0 rings (SSSR count). The molecule has 0 aromatic heterocycles. The fourth-order valence-corrected chi connectivity index (χ4v) is 0. The van der Waals surface area contributed by atoms with Crippen molar-refractivity contribution in [3.63, 3.8) is 0 Å². The van der Waals surface area contributed by atoms with E-state index in [9.17, 15) is 0 Å². The SMILES string of the molecule is [2H]CC(=S)I. The van der Waals surface area contributed by atoms with E-state index in [1.54, 1.807) is 0 Å². The molecule has 0 amide bonds. The van der Waals surface area contributed by atoms with Crippen LogP contribution in [0.25, 0.3) is 0 Å². The van der Waals surface area contributed by atoms with Gasteiger partial charge in [-0.3, -0.25) is 0 Å². The smallest absolute Gasteiger partial charge is 0.0504 e. The third kappa shape index (κ3) is 13.9. The Morgan fingerprint density at radius 1 is 2.50 bits per heavy atom. The molecule has 24 valence electrons. The fourth-order valence-electron chi connectivity index (χ4n) is 0. The Morgan fingerprint density at radius 3 is 2.75 bits per heavy atom. The summed E-state index contributed by atoms with van der Waals surface area (Å²) in [5.41, 5.74) is 0.